The molecule has 0 atom stereocenters. The van der Waals surface area contributed by atoms with E-state index in [2.05, 4.69) is 39.3 Å². The fourth-order valence-corrected chi connectivity index (χ4v) is 3.29. The number of unbranched alkanes of at least 4 members (excludes halogenated alkanes) is 1. The molecule has 0 aromatic carbocycles. The average Bonchev–Trinajstić information content (AvgIpc) is 3.13. The number of rotatable bonds is 5. The van der Waals surface area contributed by atoms with E-state index in [0.717, 1.165) is 58.7 Å². The maximum absolute atomic E-state index is 12.0. The Morgan fingerprint density at radius 2 is 2.04 bits per heavy atom. The minimum Gasteiger partial charge on any atom is -0.358 e. The van der Waals surface area contributed by atoms with Crippen molar-refractivity contribution in [2.45, 2.75) is 32.6 Å². The van der Waals surface area contributed by atoms with Gasteiger partial charge < -0.3 is 10.3 Å². The largest absolute Gasteiger partial charge is 0.358 e. The number of amides is 1. The predicted molar refractivity (Wildman–Crippen MR) is 102 cm³/mol. The number of carbonyl (C=O) groups is 1. The minimum absolute atomic E-state index is 0.00472. The molecule has 0 aliphatic carbocycles. The smallest absolute Gasteiger partial charge is 0.253 e. The summed E-state index contributed by atoms with van der Waals surface area (Å²) in [5.41, 5.74) is 6.72. The number of aryl methyl sites for hydroxylation is 1. The quantitative estimate of drug-likeness (QED) is 0.739. The predicted octanol–water partition coefficient (Wildman–Crippen LogP) is 3.77. The normalized spacial score (nSPS) is 13.3. The summed E-state index contributed by atoms with van der Waals surface area (Å²) in [5.74, 6) is -0.00472. The van der Waals surface area contributed by atoms with E-state index in [1.807, 2.05) is 24.4 Å². The van der Waals surface area contributed by atoms with Crippen molar-refractivity contribution in [2.75, 3.05) is 6.54 Å². The summed E-state index contributed by atoms with van der Waals surface area (Å²) in [6.45, 7) is 2.87. The Hall–Kier alpha value is -2.95. The number of hydrogen-bond acceptors (Lipinski definition) is 3. The standard InChI is InChI=1S/C21H22N4O/c1-2-3-4-16-6-5-15(13-24-16)19-11-14(7-9-22-19)20-12-17-18(25-20)8-10-23-21(17)26/h5-7,9,11-13,25H,2-4,8,10H2,1H3,(H,23,26). The van der Waals surface area contributed by atoms with Crippen LogP contribution in [0.2, 0.25) is 0 Å². The van der Waals surface area contributed by atoms with E-state index in [4.69, 9.17) is 0 Å². The zero-order valence-electron chi connectivity index (χ0n) is 14.9. The molecular formula is C21H22N4O. The molecule has 132 valence electrons. The van der Waals surface area contributed by atoms with Crippen LogP contribution in [0.4, 0.5) is 0 Å². The van der Waals surface area contributed by atoms with Crippen LogP contribution < -0.4 is 5.32 Å². The lowest BCUT2D eigenvalue weighted by molar-refractivity contribution is 0.0946. The van der Waals surface area contributed by atoms with Crippen molar-refractivity contribution in [3.8, 4) is 22.5 Å². The Labute approximate surface area is 152 Å². The molecule has 26 heavy (non-hydrogen) atoms. The van der Waals surface area contributed by atoms with Crippen LogP contribution in [0.15, 0.2) is 42.7 Å². The summed E-state index contributed by atoms with van der Waals surface area (Å²) in [6, 6.07) is 10.1. The van der Waals surface area contributed by atoms with Gasteiger partial charge in [0.15, 0.2) is 0 Å². The highest BCUT2D eigenvalue weighted by Crippen LogP contribution is 2.27. The van der Waals surface area contributed by atoms with Gasteiger partial charge in [0, 0.05) is 53.6 Å². The molecule has 2 N–H and O–H groups in total. The van der Waals surface area contributed by atoms with E-state index in [-0.39, 0.29) is 5.91 Å². The fraction of sp³-hybridized carbons (Fsp3) is 0.286. The first-order valence-corrected chi connectivity index (χ1v) is 9.16. The van der Waals surface area contributed by atoms with Crippen molar-refractivity contribution in [1.29, 1.82) is 0 Å². The molecule has 0 bridgehead atoms. The van der Waals surface area contributed by atoms with E-state index in [9.17, 15) is 4.79 Å². The van der Waals surface area contributed by atoms with Crippen LogP contribution in [-0.4, -0.2) is 27.4 Å². The van der Waals surface area contributed by atoms with Crippen molar-refractivity contribution in [3.63, 3.8) is 0 Å². The molecule has 4 heterocycles. The van der Waals surface area contributed by atoms with Crippen LogP contribution in [0, 0.1) is 0 Å². The first kappa shape index (κ1) is 16.5. The molecule has 0 fully saturated rings. The van der Waals surface area contributed by atoms with Gasteiger partial charge in [0.05, 0.1) is 11.3 Å². The van der Waals surface area contributed by atoms with Gasteiger partial charge in [-0.2, -0.15) is 0 Å². The van der Waals surface area contributed by atoms with Crippen molar-refractivity contribution in [2.24, 2.45) is 0 Å². The Kier molecular flexibility index (Phi) is 4.52. The second-order valence-electron chi connectivity index (χ2n) is 6.65. The minimum atomic E-state index is -0.00472. The number of pyridine rings is 2. The first-order valence-electron chi connectivity index (χ1n) is 9.16. The Morgan fingerprint density at radius 3 is 2.81 bits per heavy atom. The van der Waals surface area contributed by atoms with Crippen molar-refractivity contribution in [1.82, 2.24) is 20.3 Å². The summed E-state index contributed by atoms with van der Waals surface area (Å²) in [5, 5.41) is 2.88. The van der Waals surface area contributed by atoms with E-state index >= 15 is 0 Å². The maximum Gasteiger partial charge on any atom is 0.253 e. The fourth-order valence-electron chi connectivity index (χ4n) is 3.29. The summed E-state index contributed by atoms with van der Waals surface area (Å²) in [6.07, 6.45) is 7.87. The highest BCUT2D eigenvalue weighted by atomic mass is 16.1. The number of H-pyrrole nitrogens is 1. The van der Waals surface area contributed by atoms with Gasteiger partial charge in [-0.25, -0.2) is 0 Å². The van der Waals surface area contributed by atoms with E-state index < -0.39 is 0 Å². The third kappa shape index (κ3) is 3.25. The van der Waals surface area contributed by atoms with Crippen LogP contribution in [0.3, 0.4) is 0 Å². The third-order valence-electron chi connectivity index (χ3n) is 4.78. The summed E-state index contributed by atoms with van der Waals surface area (Å²) in [7, 11) is 0. The number of carbonyl (C=O) groups excluding carboxylic acids is 1. The number of fused-ring (bicyclic) bond motifs is 1. The van der Waals surface area contributed by atoms with Gasteiger partial charge in [0.1, 0.15) is 0 Å². The second-order valence-corrected chi connectivity index (χ2v) is 6.65. The Morgan fingerprint density at radius 1 is 1.12 bits per heavy atom. The van der Waals surface area contributed by atoms with Crippen LogP contribution in [0.5, 0.6) is 0 Å². The molecule has 0 spiro atoms. The van der Waals surface area contributed by atoms with Gasteiger partial charge in [0.25, 0.3) is 5.91 Å². The van der Waals surface area contributed by atoms with Crippen molar-refractivity contribution in [3.05, 3.63) is 59.7 Å². The molecule has 0 unspecified atom stereocenters. The van der Waals surface area contributed by atoms with Crippen molar-refractivity contribution < 1.29 is 4.79 Å². The average molecular weight is 346 g/mol. The maximum atomic E-state index is 12.0. The molecule has 1 amide bonds. The lowest BCUT2D eigenvalue weighted by Gasteiger charge is -2.10. The van der Waals surface area contributed by atoms with Crippen LogP contribution in [0.1, 0.15) is 41.5 Å². The highest BCUT2D eigenvalue weighted by molar-refractivity contribution is 5.97. The molecule has 1 aliphatic heterocycles. The zero-order valence-corrected chi connectivity index (χ0v) is 14.9. The SMILES string of the molecule is CCCCc1ccc(-c2cc(-c3cc4c([nH]3)CCNC4=O)ccn2)cn1. The van der Waals surface area contributed by atoms with E-state index in [0.29, 0.717) is 6.54 Å². The Balaban J connectivity index is 1.62. The molecule has 3 aromatic heterocycles. The van der Waals surface area contributed by atoms with Gasteiger partial charge >= 0.3 is 0 Å². The molecule has 0 saturated carbocycles. The molecule has 5 nitrogen and oxygen atoms in total. The number of aromatic amines is 1. The molecule has 0 radical (unpaired) electrons. The molecule has 5 heteroatoms. The molecule has 1 aliphatic rings. The summed E-state index contributed by atoms with van der Waals surface area (Å²) < 4.78 is 0. The second kappa shape index (κ2) is 7.12. The number of aromatic nitrogens is 3. The van der Waals surface area contributed by atoms with Gasteiger partial charge in [-0.05, 0) is 43.2 Å². The van der Waals surface area contributed by atoms with Gasteiger partial charge in [-0.1, -0.05) is 13.3 Å². The number of nitrogens with zero attached hydrogens (tertiary/aromatic N) is 2. The van der Waals surface area contributed by atoms with Crippen LogP contribution in [-0.2, 0) is 12.8 Å². The zero-order chi connectivity index (χ0) is 17.9. The van der Waals surface area contributed by atoms with Crippen molar-refractivity contribution >= 4 is 5.91 Å². The highest BCUT2D eigenvalue weighted by Gasteiger charge is 2.20. The first-order chi connectivity index (χ1) is 12.7. The summed E-state index contributed by atoms with van der Waals surface area (Å²) >= 11 is 0. The van der Waals surface area contributed by atoms with Gasteiger partial charge in [-0.15, -0.1) is 0 Å². The van der Waals surface area contributed by atoms with E-state index in [1.54, 1.807) is 6.20 Å². The molecular weight excluding hydrogens is 324 g/mol. The van der Waals surface area contributed by atoms with Crippen LogP contribution in [0.25, 0.3) is 22.5 Å². The lowest BCUT2D eigenvalue weighted by atomic mass is 10.1. The van der Waals surface area contributed by atoms with Crippen LogP contribution >= 0.6 is 0 Å². The molecule has 0 saturated heterocycles. The monoisotopic (exact) mass is 346 g/mol. The third-order valence-corrected chi connectivity index (χ3v) is 4.78. The number of hydrogen-bond donors (Lipinski definition) is 2. The summed E-state index contributed by atoms with van der Waals surface area (Å²) in [4.78, 5) is 24.4. The topological polar surface area (TPSA) is 70.7 Å². The Bertz CT molecular complexity index is 927. The molecule has 3 aromatic rings. The van der Waals surface area contributed by atoms with Gasteiger partial charge in [-0.3, -0.25) is 14.8 Å². The molecule has 4 rings (SSSR count). The lowest BCUT2D eigenvalue weighted by Crippen LogP contribution is -2.31. The van der Waals surface area contributed by atoms with Gasteiger partial charge in [0.2, 0.25) is 0 Å². The number of nitrogens with one attached hydrogen (secondary N) is 2. The van der Waals surface area contributed by atoms with E-state index in [1.165, 1.54) is 6.42 Å².